The number of hydrogen-bond acceptors (Lipinski definition) is 2. The quantitative estimate of drug-likeness (QED) is 0.829. The van der Waals surface area contributed by atoms with E-state index in [-0.39, 0.29) is 0 Å². The Labute approximate surface area is 118 Å². The van der Waals surface area contributed by atoms with E-state index < -0.39 is 0 Å². The van der Waals surface area contributed by atoms with Gasteiger partial charge in [-0.15, -0.1) is 0 Å². The summed E-state index contributed by atoms with van der Waals surface area (Å²) in [5.74, 6) is 3.98. The van der Waals surface area contributed by atoms with Crippen molar-refractivity contribution in [2.75, 3.05) is 19.6 Å². The van der Waals surface area contributed by atoms with Gasteiger partial charge in [0.25, 0.3) is 0 Å². The lowest BCUT2D eigenvalue weighted by atomic mass is 9.49. The fraction of sp³-hybridized carbons (Fsp3) is 1.00. The van der Waals surface area contributed by atoms with Gasteiger partial charge in [-0.1, -0.05) is 6.92 Å². The summed E-state index contributed by atoms with van der Waals surface area (Å²) >= 11 is 0. The molecule has 2 heteroatoms. The van der Waals surface area contributed by atoms with Crippen molar-refractivity contribution in [3.8, 4) is 0 Å². The Morgan fingerprint density at radius 2 is 1.63 bits per heavy atom. The molecule has 2 unspecified atom stereocenters. The third-order valence-corrected chi connectivity index (χ3v) is 6.78. The standard InChI is InChI=1S/C17H30N2/c1-12-10-19(3-2-16(12)18)11-17-7-13-4-14(8-17)6-15(5-13)9-17/h12-16H,2-11,18H2,1H3. The van der Waals surface area contributed by atoms with Crippen molar-refractivity contribution < 1.29 is 0 Å². The molecular formula is C17H30N2. The summed E-state index contributed by atoms with van der Waals surface area (Å²) in [4.78, 5) is 2.77. The molecule has 19 heavy (non-hydrogen) atoms. The fourth-order valence-electron chi connectivity index (χ4n) is 6.35. The van der Waals surface area contributed by atoms with Gasteiger partial charge >= 0.3 is 0 Å². The summed E-state index contributed by atoms with van der Waals surface area (Å²) in [5, 5.41) is 0. The van der Waals surface area contributed by atoms with Gasteiger partial charge in [0, 0.05) is 19.1 Å². The summed E-state index contributed by atoms with van der Waals surface area (Å²) in [5.41, 5.74) is 6.89. The Bertz CT molecular complexity index is 316. The number of piperidine rings is 1. The molecule has 0 aromatic rings. The molecule has 1 heterocycles. The van der Waals surface area contributed by atoms with E-state index in [2.05, 4.69) is 11.8 Å². The van der Waals surface area contributed by atoms with E-state index in [1.165, 1.54) is 26.1 Å². The molecule has 0 amide bonds. The second kappa shape index (κ2) is 4.46. The maximum absolute atomic E-state index is 6.17. The van der Waals surface area contributed by atoms with Crippen LogP contribution in [0.15, 0.2) is 0 Å². The molecule has 108 valence electrons. The molecule has 0 aromatic heterocycles. The molecule has 4 bridgehead atoms. The van der Waals surface area contributed by atoms with Crippen molar-refractivity contribution in [1.82, 2.24) is 4.90 Å². The maximum atomic E-state index is 6.17. The lowest BCUT2D eigenvalue weighted by Gasteiger charge is -2.58. The predicted octanol–water partition coefficient (Wildman–Crippen LogP) is 2.87. The van der Waals surface area contributed by atoms with E-state index in [9.17, 15) is 0 Å². The summed E-state index contributed by atoms with van der Waals surface area (Å²) in [6, 6.07) is 0.451. The molecule has 4 aliphatic carbocycles. The SMILES string of the molecule is CC1CN(CC23CC4CC(CC(C4)C2)C3)CCC1N. The van der Waals surface area contributed by atoms with Crippen LogP contribution >= 0.6 is 0 Å². The minimum absolute atomic E-state index is 0.451. The fourth-order valence-corrected chi connectivity index (χ4v) is 6.35. The van der Waals surface area contributed by atoms with Gasteiger partial charge in [0.15, 0.2) is 0 Å². The highest BCUT2D eigenvalue weighted by atomic mass is 15.1. The first-order chi connectivity index (χ1) is 9.12. The van der Waals surface area contributed by atoms with Gasteiger partial charge in [0.1, 0.15) is 0 Å². The van der Waals surface area contributed by atoms with Gasteiger partial charge in [-0.2, -0.15) is 0 Å². The minimum Gasteiger partial charge on any atom is -0.327 e. The zero-order valence-electron chi connectivity index (χ0n) is 12.5. The van der Waals surface area contributed by atoms with Crippen molar-refractivity contribution in [2.24, 2.45) is 34.8 Å². The van der Waals surface area contributed by atoms with E-state index in [0.29, 0.717) is 12.0 Å². The Balaban J connectivity index is 1.45. The minimum atomic E-state index is 0.451. The van der Waals surface area contributed by atoms with Crippen molar-refractivity contribution in [2.45, 2.75) is 57.9 Å². The molecule has 2 N–H and O–H groups in total. The Morgan fingerprint density at radius 3 is 2.16 bits per heavy atom. The average Bonchev–Trinajstić information content (AvgIpc) is 2.31. The summed E-state index contributed by atoms with van der Waals surface area (Å²) in [6.07, 6.45) is 10.6. The lowest BCUT2D eigenvalue weighted by molar-refractivity contribution is -0.0736. The predicted molar refractivity (Wildman–Crippen MR) is 78.8 cm³/mol. The number of hydrogen-bond donors (Lipinski definition) is 1. The van der Waals surface area contributed by atoms with E-state index in [1.807, 2.05) is 0 Å². The van der Waals surface area contributed by atoms with Crippen molar-refractivity contribution in [3.63, 3.8) is 0 Å². The Kier molecular flexibility index (Phi) is 2.97. The van der Waals surface area contributed by atoms with E-state index in [4.69, 9.17) is 5.73 Å². The number of nitrogens with zero attached hydrogens (tertiary/aromatic N) is 1. The molecule has 1 saturated heterocycles. The van der Waals surface area contributed by atoms with Crippen LogP contribution in [-0.2, 0) is 0 Å². The van der Waals surface area contributed by atoms with Crippen LogP contribution in [0.2, 0.25) is 0 Å². The molecule has 5 rings (SSSR count). The first-order valence-electron chi connectivity index (χ1n) is 8.60. The van der Waals surface area contributed by atoms with Crippen molar-refractivity contribution in [3.05, 3.63) is 0 Å². The average molecular weight is 262 g/mol. The maximum Gasteiger partial charge on any atom is 0.00889 e. The van der Waals surface area contributed by atoms with Crippen LogP contribution in [0.4, 0.5) is 0 Å². The topological polar surface area (TPSA) is 29.3 Å². The Hall–Kier alpha value is -0.0800. The monoisotopic (exact) mass is 262 g/mol. The van der Waals surface area contributed by atoms with Gasteiger partial charge in [-0.25, -0.2) is 0 Å². The molecule has 2 nitrogen and oxygen atoms in total. The summed E-state index contributed by atoms with van der Waals surface area (Å²) < 4.78 is 0. The first kappa shape index (κ1) is 12.6. The zero-order valence-corrected chi connectivity index (χ0v) is 12.5. The largest absolute Gasteiger partial charge is 0.327 e. The van der Waals surface area contributed by atoms with Crippen molar-refractivity contribution >= 4 is 0 Å². The van der Waals surface area contributed by atoms with Crippen LogP contribution in [0.1, 0.15) is 51.9 Å². The summed E-state index contributed by atoms with van der Waals surface area (Å²) in [7, 11) is 0. The molecule has 2 atom stereocenters. The van der Waals surface area contributed by atoms with Gasteiger partial charge < -0.3 is 10.6 Å². The number of likely N-dealkylation sites (tertiary alicyclic amines) is 1. The summed E-state index contributed by atoms with van der Waals surface area (Å²) in [6.45, 7) is 6.25. The van der Waals surface area contributed by atoms with Crippen molar-refractivity contribution in [1.29, 1.82) is 0 Å². The van der Waals surface area contributed by atoms with Crippen LogP contribution in [0, 0.1) is 29.1 Å². The van der Waals surface area contributed by atoms with Gasteiger partial charge in [-0.3, -0.25) is 0 Å². The number of nitrogens with two attached hydrogens (primary N) is 1. The third-order valence-electron chi connectivity index (χ3n) is 6.78. The normalized spacial score (nSPS) is 53.7. The zero-order chi connectivity index (χ0) is 13.0. The van der Waals surface area contributed by atoms with Crippen LogP contribution in [0.25, 0.3) is 0 Å². The van der Waals surface area contributed by atoms with Crippen LogP contribution in [-0.4, -0.2) is 30.6 Å². The lowest BCUT2D eigenvalue weighted by Crippen LogP contribution is -2.54. The highest BCUT2D eigenvalue weighted by Crippen LogP contribution is 2.60. The van der Waals surface area contributed by atoms with Crippen LogP contribution < -0.4 is 5.73 Å². The first-order valence-corrected chi connectivity index (χ1v) is 8.60. The number of rotatable bonds is 2. The van der Waals surface area contributed by atoms with Crippen LogP contribution in [0.3, 0.4) is 0 Å². The van der Waals surface area contributed by atoms with Gasteiger partial charge in [0.2, 0.25) is 0 Å². The van der Waals surface area contributed by atoms with Gasteiger partial charge in [0.05, 0.1) is 0 Å². The third kappa shape index (κ3) is 2.25. The molecule has 0 spiro atoms. The van der Waals surface area contributed by atoms with E-state index in [0.717, 1.165) is 23.2 Å². The molecule has 0 radical (unpaired) electrons. The second-order valence-electron chi connectivity index (χ2n) is 8.58. The second-order valence-corrected chi connectivity index (χ2v) is 8.58. The highest BCUT2D eigenvalue weighted by Gasteiger charge is 2.51. The van der Waals surface area contributed by atoms with Crippen LogP contribution in [0.5, 0.6) is 0 Å². The molecule has 0 aromatic carbocycles. The Morgan fingerprint density at radius 1 is 1.05 bits per heavy atom. The molecular weight excluding hydrogens is 232 g/mol. The van der Waals surface area contributed by atoms with Gasteiger partial charge in [-0.05, 0) is 80.6 Å². The molecule has 5 fully saturated rings. The molecule has 1 aliphatic heterocycles. The smallest absolute Gasteiger partial charge is 0.00889 e. The van der Waals surface area contributed by atoms with E-state index in [1.54, 1.807) is 38.5 Å². The highest BCUT2D eigenvalue weighted by molar-refractivity contribution is 5.03. The molecule has 5 aliphatic rings. The van der Waals surface area contributed by atoms with E-state index >= 15 is 0 Å². The molecule has 4 saturated carbocycles.